The summed E-state index contributed by atoms with van der Waals surface area (Å²) in [7, 11) is 0. The normalized spacial score (nSPS) is 42.9. The van der Waals surface area contributed by atoms with E-state index in [1.807, 2.05) is 32.0 Å². The molecule has 3 atom stereocenters. The van der Waals surface area contributed by atoms with Crippen LogP contribution in [0.3, 0.4) is 0 Å². The Morgan fingerprint density at radius 2 is 1.73 bits per heavy atom. The minimum Gasteiger partial charge on any atom is -0.330 e. The Hall–Kier alpha value is -0.440. The first-order valence-corrected chi connectivity index (χ1v) is 10.8. The molecule has 26 heavy (non-hydrogen) atoms. The number of hydrogen-bond donors (Lipinski definition) is 0. The molecule has 0 radical (unpaired) electrons. The van der Waals surface area contributed by atoms with Gasteiger partial charge in [0.15, 0.2) is 0 Å². The van der Waals surface area contributed by atoms with Gasteiger partial charge in [-0.3, -0.25) is 4.79 Å². The lowest BCUT2D eigenvalue weighted by atomic mass is 9.52. The van der Waals surface area contributed by atoms with Gasteiger partial charge in [0.05, 0.1) is 21.5 Å². The van der Waals surface area contributed by atoms with E-state index in [9.17, 15) is 4.79 Å². The Labute approximate surface area is 170 Å². The lowest BCUT2D eigenvalue weighted by Crippen LogP contribution is -2.70. The molecule has 4 saturated carbocycles. The zero-order chi connectivity index (χ0) is 18.4. The predicted molar refractivity (Wildman–Crippen MR) is 106 cm³/mol. The maximum absolute atomic E-state index is 13.2. The van der Waals surface area contributed by atoms with Gasteiger partial charge < -0.3 is 4.90 Å². The number of carbonyl (C=O) groups is 1. The number of β-lactam (4-membered cyclic amide) rings is 1. The van der Waals surface area contributed by atoms with Gasteiger partial charge in [0.1, 0.15) is 0 Å². The van der Waals surface area contributed by atoms with Crippen molar-refractivity contribution in [3.05, 3.63) is 33.8 Å². The van der Waals surface area contributed by atoms with E-state index in [0.717, 1.165) is 30.7 Å². The van der Waals surface area contributed by atoms with Gasteiger partial charge in [-0.25, -0.2) is 0 Å². The molecule has 140 valence electrons. The van der Waals surface area contributed by atoms with Crippen molar-refractivity contribution in [3.63, 3.8) is 0 Å². The molecule has 3 unspecified atom stereocenters. The summed E-state index contributed by atoms with van der Waals surface area (Å²) in [5, 5.41) is 1.14. The topological polar surface area (TPSA) is 20.3 Å². The van der Waals surface area contributed by atoms with Crippen molar-refractivity contribution in [1.82, 2.24) is 4.90 Å². The van der Waals surface area contributed by atoms with Crippen LogP contribution < -0.4 is 0 Å². The molecule has 5 aliphatic rings. The van der Waals surface area contributed by atoms with Crippen LogP contribution in [0.15, 0.2) is 18.2 Å². The van der Waals surface area contributed by atoms with E-state index in [1.54, 1.807) is 0 Å². The van der Waals surface area contributed by atoms with Crippen LogP contribution in [0, 0.1) is 23.2 Å². The Morgan fingerprint density at radius 3 is 2.35 bits per heavy atom. The molecule has 0 spiro atoms. The summed E-state index contributed by atoms with van der Waals surface area (Å²) in [4.78, 5) is 15.3. The first-order valence-electron chi connectivity index (χ1n) is 9.67. The number of nitrogens with zero attached hydrogens (tertiary/aromatic N) is 1. The molecule has 5 heteroatoms. The third-order valence-corrected chi connectivity index (χ3v) is 8.79. The summed E-state index contributed by atoms with van der Waals surface area (Å²) in [6.07, 6.45) is 5.70. The van der Waals surface area contributed by atoms with Crippen LogP contribution >= 0.6 is 34.8 Å². The zero-order valence-corrected chi connectivity index (χ0v) is 17.4. The molecule has 4 aliphatic carbocycles. The maximum Gasteiger partial charge on any atom is 0.231 e. The molecule has 0 N–H and O–H groups in total. The van der Waals surface area contributed by atoms with Gasteiger partial charge in [-0.05, 0) is 75.3 Å². The second kappa shape index (κ2) is 5.55. The Morgan fingerprint density at radius 1 is 1.08 bits per heavy atom. The fourth-order valence-corrected chi connectivity index (χ4v) is 7.80. The molecule has 1 aromatic carbocycles. The van der Waals surface area contributed by atoms with Crippen LogP contribution in [0.5, 0.6) is 0 Å². The highest BCUT2D eigenvalue weighted by Crippen LogP contribution is 2.63. The average molecular weight is 413 g/mol. The summed E-state index contributed by atoms with van der Waals surface area (Å²) in [6, 6.07) is 6.07. The van der Waals surface area contributed by atoms with Crippen molar-refractivity contribution in [1.29, 1.82) is 0 Å². The second-order valence-corrected chi connectivity index (χ2v) is 11.2. The van der Waals surface area contributed by atoms with Gasteiger partial charge in [-0.15, -0.1) is 11.6 Å². The molecule has 2 nitrogen and oxygen atoms in total. The van der Waals surface area contributed by atoms with E-state index in [-0.39, 0.29) is 16.8 Å². The molecular weight excluding hydrogens is 389 g/mol. The number of halogens is 3. The summed E-state index contributed by atoms with van der Waals surface area (Å²) in [5.74, 6) is 2.05. The molecular formula is C21H24Cl3NO. The third-order valence-electron chi connectivity index (χ3n) is 7.49. The lowest BCUT2D eigenvalue weighted by Gasteiger charge is -2.66. The van der Waals surface area contributed by atoms with Crippen molar-refractivity contribution >= 4 is 40.7 Å². The highest BCUT2D eigenvalue weighted by molar-refractivity contribution is 6.42. The van der Waals surface area contributed by atoms with Gasteiger partial charge in [0.2, 0.25) is 5.91 Å². The minimum absolute atomic E-state index is 0.00463. The molecule has 1 amide bonds. The predicted octanol–water partition coefficient (Wildman–Crippen LogP) is 6.09. The maximum atomic E-state index is 13.2. The first-order chi connectivity index (χ1) is 12.2. The van der Waals surface area contributed by atoms with E-state index >= 15 is 0 Å². The first kappa shape index (κ1) is 17.6. The number of likely N-dealkylation sites (tertiary alicyclic amines) is 1. The molecule has 1 saturated heterocycles. The summed E-state index contributed by atoms with van der Waals surface area (Å²) in [5.41, 5.74) is 0.542. The summed E-state index contributed by atoms with van der Waals surface area (Å²) in [6.45, 7) is 4.07. The van der Waals surface area contributed by atoms with Crippen molar-refractivity contribution in [2.45, 2.75) is 62.9 Å². The van der Waals surface area contributed by atoms with Crippen molar-refractivity contribution < 1.29 is 4.79 Å². The van der Waals surface area contributed by atoms with E-state index in [2.05, 4.69) is 4.90 Å². The molecule has 0 aromatic heterocycles. The fraction of sp³-hybridized carbons (Fsp3) is 0.667. The fourth-order valence-electron chi connectivity index (χ4n) is 6.78. The van der Waals surface area contributed by atoms with Crippen LogP contribution in [0.2, 0.25) is 10.0 Å². The number of amides is 1. The molecule has 4 bridgehead atoms. The quantitative estimate of drug-likeness (QED) is 0.425. The van der Waals surface area contributed by atoms with Crippen LogP contribution in [0.25, 0.3) is 0 Å². The second-order valence-electron chi connectivity index (χ2n) is 9.59. The SMILES string of the molecule is CC1(C)C(=O)N([C@H]2C3CC4CC2C[C@](Cl)(C4)C3)C1c1cccc(Cl)c1Cl. The molecule has 6 rings (SSSR count). The van der Waals surface area contributed by atoms with Crippen LogP contribution in [-0.2, 0) is 4.79 Å². The molecule has 5 fully saturated rings. The van der Waals surface area contributed by atoms with Gasteiger partial charge in [0.25, 0.3) is 0 Å². The van der Waals surface area contributed by atoms with Crippen LogP contribution in [-0.4, -0.2) is 21.7 Å². The third kappa shape index (κ3) is 2.28. The molecule has 1 aliphatic heterocycles. The van der Waals surface area contributed by atoms with E-state index in [0.29, 0.717) is 27.9 Å². The van der Waals surface area contributed by atoms with Gasteiger partial charge >= 0.3 is 0 Å². The molecule has 1 heterocycles. The van der Waals surface area contributed by atoms with Crippen molar-refractivity contribution in [2.75, 3.05) is 0 Å². The largest absolute Gasteiger partial charge is 0.330 e. The standard InChI is InChI=1S/C21H24Cl3NO/c1-20(2)18(14-4-3-5-15(22)16(14)23)25(19(20)26)17-12-6-11-7-13(17)10-21(24,8-11)9-12/h3-5,11-13,17-18H,6-10H2,1-2H3/t11?,12?,13?,17-,18?,21-. The molecule has 1 aromatic rings. The number of hydrogen-bond acceptors (Lipinski definition) is 1. The Kier molecular flexibility index (Phi) is 3.77. The van der Waals surface area contributed by atoms with E-state index < -0.39 is 5.41 Å². The number of carbonyl (C=O) groups excluding carboxylic acids is 1. The van der Waals surface area contributed by atoms with Crippen LogP contribution in [0.1, 0.15) is 57.6 Å². The van der Waals surface area contributed by atoms with E-state index in [4.69, 9.17) is 34.8 Å². The van der Waals surface area contributed by atoms with Gasteiger partial charge in [-0.1, -0.05) is 35.3 Å². The number of benzene rings is 1. The van der Waals surface area contributed by atoms with Crippen molar-refractivity contribution in [2.24, 2.45) is 23.2 Å². The zero-order valence-electron chi connectivity index (χ0n) is 15.1. The lowest BCUT2D eigenvalue weighted by molar-refractivity contribution is -0.190. The van der Waals surface area contributed by atoms with Crippen molar-refractivity contribution in [3.8, 4) is 0 Å². The van der Waals surface area contributed by atoms with Crippen LogP contribution in [0.4, 0.5) is 0 Å². The van der Waals surface area contributed by atoms with E-state index in [1.165, 1.54) is 12.8 Å². The highest BCUT2D eigenvalue weighted by Gasteiger charge is 2.64. The Bertz CT molecular complexity index is 775. The summed E-state index contributed by atoms with van der Waals surface area (Å²) < 4.78 is 0. The summed E-state index contributed by atoms with van der Waals surface area (Å²) >= 11 is 19.8. The highest BCUT2D eigenvalue weighted by atomic mass is 35.5. The monoisotopic (exact) mass is 411 g/mol. The smallest absolute Gasteiger partial charge is 0.231 e. The Balaban J connectivity index is 1.54. The van der Waals surface area contributed by atoms with Gasteiger partial charge in [0, 0.05) is 10.9 Å². The number of rotatable bonds is 2. The minimum atomic E-state index is -0.443. The number of alkyl halides is 1. The average Bonchev–Trinajstić information content (AvgIpc) is 2.55. The van der Waals surface area contributed by atoms with Gasteiger partial charge in [-0.2, -0.15) is 0 Å².